The summed E-state index contributed by atoms with van der Waals surface area (Å²) in [7, 11) is 0. The van der Waals surface area contributed by atoms with Crippen LogP contribution in [0.2, 0.25) is 0 Å². The van der Waals surface area contributed by atoms with Crippen molar-refractivity contribution in [3.8, 4) is 17.0 Å². The predicted octanol–water partition coefficient (Wildman–Crippen LogP) is 5.32. The van der Waals surface area contributed by atoms with Crippen LogP contribution in [0.4, 0.5) is 0 Å². The lowest BCUT2D eigenvalue weighted by Crippen LogP contribution is -2.63. The summed E-state index contributed by atoms with van der Waals surface area (Å²) in [6.07, 6.45) is 6.30. The van der Waals surface area contributed by atoms with Crippen LogP contribution < -0.4 is 10.1 Å². The molecule has 3 fully saturated rings. The summed E-state index contributed by atoms with van der Waals surface area (Å²) in [6.45, 7) is 2.27. The van der Waals surface area contributed by atoms with E-state index in [-0.39, 0.29) is 12.0 Å². The maximum Gasteiger partial charge on any atom is 0.251 e. The SMILES string of the molecule is O=C(NCc1ccccc1)c1ccc2[nH]nc(-c3ccc(OC4CC5CCCC(C4)N5C4COC4)cc3)c2c1. The van der Waals surface area contributed by atoms with Gasteiger partial charge in [0.05, 0.1) is 30.5 Å². The number of H-pyrrole nitrogens is 1. The number of nitrogens with one attached hydrogen (secondary N) is 2. The van der Waals surface area contributed by atoms with Gasteiger partial charge >= 0.3 is 0 Å². The molecule has 39 heavy (non-hydrogen) atoms. The number of benzene rings is 3. The van der Waals surface area contributed by atoms with Gasteiger partial charge < -0.3 is 14.8 Å². The summed E-state index contributed by atoms with van der Waals surface area (Å²) < 4.78 is 12.0. The molecule has 4 heterocycles. The third-order valence-electron chi connectivity index (χ3n) is 8.58. The van der Waals surface area contributed by atoms with E-state index in [1.807, 2.05) is 60.7 Å². The topological polar surface area (TPSA) is 79.5 Å². The van der Waals surface area contributed by atoms with Crippen molar-refractivity contribution in [1.82, 2.24) is 20.4 Å². The first kappa shape index (κ1) is 24.4. The fraction of sp³-hybridized carbons (Fsp3) is 0.375. The lowest BCUT2D eigenvalue weighted by atomic mass is 9.81. The molecule has 3 aliphatic heterocycles. The van der Waals surface area contributed by atoms with Crippen LogP contribution in [0.3, 0.4) is 0 Å². The third-order valence-corrected chi connectivity index (χ3v) is 8.58. The fourth-order valence-electron chi connectivity index (χ4n) is 6.59. The molecule has 0 saturated carbocycles. The summed E-state index contributed by atoms with van der Waals surface area (Å²) in [5.74, 6) is 0.806. The van der Waals surface area contributed by atoms with E-state index in [0.29, 0.717) is 30.2 Å². The summed E-state index contributed by atoms with van der Waals surface area (Å²) in [5.41, 5.74) is 4.42. The zero-order chi connectivity index (χ0) is 26.2. The van der Waals surface area contributed by atoms with Crippen LogP contribution >= 0.6 is 0 Å². The Labute approximate surface area is 228 Å². The van der Waals surface area contributed by atoms with Crippen molar-refractivity contribution in [3.63, 3.8) is 0 Å². The van der Waals surface area contributed by atoms with E-state index in [1.165, 1.54) is 19.3 Å². The number of amides is 1. The lowest BCUT2D eigenvalue weighted by molar-refractivity contribution is -0.132. The van der Waals surface area contributed by atoms with Crippen molar-refractivity contribution in [2.75, 3.05) is 13.2 Å². The average molecular weight is 523 g/mol. The van der Waals surface area contributed by atoms with Crippen molar-refractivity contribution in [1.29, 1.82) is 0 Å². The van der Waals surface area contributed by atoms with Gasteiger partial charge in [-0.3, -0.25) is 14.8 Å². The second kappa shape index (κ2) is 10.5. The molecule has 1 aromatic heterocycles. The normalized spacial score (nSPS) is 23.3. The molecule has 2 bridgehead atoms. The number of carbonyl (C=O) groups excluding carboxylic acids is 1. The number of aromatic nitrogens is 2. The Morgan fingerprint density at radius 3 is 2.46 bits per heavy atom. The molecular weight excluding hydrogens is 488 g/mol. The number of ether oxygens (including phenoxy) is 2. The van der Waals surface area contributed by atoms with Crippen LogP contribution in [0, 0.1) is 0 Å². The van der Waals surface area contributed by atoms with Crippen LogP contribution in [-0.4, -0.2) is 58.4 Å². The molecule has 200 valence electrons. The average Bonchev–Trinajstić information content (AvgIpc) is 3.35. The van der Waals surface area contributed by atoms with E-state index in [4.69, 9.17) is 9.47 Å². The first-order valence-corrected chi connectivity index (χ1v) is 14.1. The number of nitrogens with zero attached hydrogens (tertiary/aromatic N) is 2. The Bertz CT molecular complexity index is 1430. The zero-order valence-corrected chi connectivity index (χ0v) is 22.0. The maximum absolute atomic E-state index is 12.8. The summed E-state index contributed by atoms with van der Waals surface area (Å²) in [4.78, 5) is 15.6. The van der Waals surface area contributed by atoms with Crippen LogP contribution in [0.5, 0.6) is 5.75 Å². The molecule has 2 atom stereocenters. The zero-order valence-electron chi connectivity index (χ0n) is 22.0. The van der Waals surface area contributed by atoms with Gasteiger partial charge in [-0.2, -0.15) is 5.10 Å². The van der Waals surface area contributed by atoms with E-state index in [1.54, 1.807) is 0 Å². The predicted molar refractivity (Wildman–Crippen MR) is 151 cm³/mol. The highest BCUT2D eigenvalue weighted by Gasteiger charge is 2.44. The minimum Gasteiger partial charge on any atom is -0.490 e. The second-order valence-electron chi connectivity index (χ2n) is 11.1. The summed E-state index contributed by atoms with van der Waals surface area (Å²) in [5, 5.41) is 11.6. The third kappa shape index (κ3) is 4.92. The highest BCUT2D eigenvalue weighted by atomic mass is 16.5. The minimum absolute atomic E-state index is 0.0997. The molecule has 3 saturated heterocycles. The van der Waals surface area contributed by atoms with Crippen molar-refractivity contribution < 1.29 is 14.3 Å². The van der Waals surface area contributed by atoms with Crippen LogP contribution in [0.15, 0.2) is 72.8 Å². The molecule has 7 heteroatoms. The minimum atomic E-state index is -0.0997. The Hall–Kier alpha value is -3.68. The van der Waals surface area contributed by atoms with Crippen LogP contribution in [-0.2, 0) is 11.3 Å². The molecule has 2 N–H and O–H groups in total. The van der Waals surface area contributed by atoms with Gasteiger partial charge in [0.15, 0.2) is 0 Å². The van der Waals surface area contributed by atoms with Gasteiger partial charge in [0.25, 0.3) is 5.91 Å². The number of aromatic amines is 1. The number of rotatable bonds is 7. The number of piperidine rings is 2. The Balaban J connectivity index is 1.03. The highest BCUT2D eigenvalue weighted by Crippen LogP contribution is 2.38. The van der Waals surface area contributed by atoms with E-state index in [2.05, 4.69) is 32.5 Å². The van der Waals surface area contributed by atoms with Gasteiger partial charge in [-0.05, 0) is 73.7 Å². The molecule has 3 aliphatic rings. The summed E-state index contributed by atoms with van der Waals surface area (Å²) in [6, 6.07) is 25.7. The Kier molecular flexibility index (Phi) is 6.54. The van der Waals surface area contributed by atoms with E-state index in [9.17, 15) is 4.79 Å². The first-order chi connectivity index (χ1) is 19.2. The lowest BCUT2D eigenvalue weighted by Gasteiger charge is -2.53. The standard InChI is InChI=1S/C32H34N4O3/c37-32(33-18-21-5-2-1-3-6-21)23-11-14-30-29(15-23)31(35-34-30)22-9-12-27(13-10-22)39-28-16-24-7-4-8-25(17-28)36(24)26-19-38-20-26/h1-3,5-6,9-15,24-26,28H,4,7-8,16-20H2,(H,33,37)(H,34,35). The molecule has 1 amide bonds. The molecule has 7 nitrogen and oxygen atoms in total. The van der Waals surface area contributed by atoms with Crippen molar-refractivity contribution in [3.05, 3.63) is 83.9 Å². The fourth-order valence-corrected chi connectivity index (χ4v) is 6.59. The van der Waals surface area contributed by atoms with Crippen LogP contribution in [0.25, 0.3) is 22.2 Å². The number of carbonyl (C=O) groups is 1. The molecule has 3 aromatic carbocycles. The molecule has 2 unspecified atom stereocenters. The van der Waals surface area contributed by atoms with E-state index >= 15 is 0 Å². The van der Waals surface area contributed by atoms with Gasteiger partial charge in [-0.25, -0.2) is 0 Å². The van der Waals surface area contributed by atoms with Crippen molar-refractivity contribution in [2.24, 2.45) is 0 Å². The van der Waals surface area contributed by atoms with E-state index < -0.39 is 0 Å². The number of hydrogen-bond acceptors (Lipinski definition) is 5. The molecule has 0 radical (unpaired) electrons. The second-order valence-corrected chi connectivity index (χ2v) is 11.1. The van der Waals surface area contributed by atoms with Crippen molar-refractivity contribution in [2.45, 2.75) is 62.9 Å². The van der Waals surface area contributed by atoms with Crippen LogP contribution in [0.1, 0.15) is 48.0 Å². The van der Waals surface area contributed by atoms with Gasteiger partial charge in [0, 0.05) is 35.1 Å². The molecule has 0 aliphatic carbocycles. The van der Waals surface area contributed by atoms with Gasteiger partial charge in [-0.15, -0.1) is 0 Å². The number of fused-ring (bicyclic) bond motifs is 3. The van der Waals surface area contributed by atoms with E-state index in [0.717, 1.165) is 59.5 Å². The quantitative estimate of drug-likeness (QED) is 0.343. The smallest absolute Gasteiger partial charge is 0.251 e. The monoisotopic (exact) mass is 522 g/mol. The number of hydrogen-bond donors (Lipinski definition) is 2. The first-order valence-electron chi connectivity index (χ1n) is 14.1. The largest absolute Gasteiger partial charge is 0.490 e. The molecular formula is C32H34N4O3. The van der Waals surface area contributed by atoms with Gasteiger partial charge in [0.1, 0.15) is 11.9 Å². The highest BCUT2D eigenvalue weighted by molar-refractivity contribution is 6.01. The maximum atomic E-state index is 12.8. The van der Waals surface area contributed by atoms with Gasteiger partial charge in [0.2, 0.25) is 0 Å². The van der Waals surface area contributed by atoms with Crippen molar-refractivity contribution >= 4 is 16.8 Å². The molecule has 7 rings (SSSR count). The molecule has 4 aromatic rings. The van der Waals surface area contributed by atoms with Gasteiger partial charge in [-0.1, -0.05) is 36.8 Å². The Morgan fingerprint density at radius 2 is 1.74 bits per heavy atom. The Morgan fingerprint density at radius 1 is 0.974 bits per heavy atom. The molecule has 0 spiro atoms. The summed E-state index contributed by atoms with van der Waals surface area (Å²) >= 11 is 0.